The molecule has 1 heterocycles. The number of anilines is 1. The minimum Gasteiger partial charge on any atom is -0.316 e. The van der Waals surface area contributed by atoms with Crippen molar-refractivity contribution < 1.29 is 9.72 Å². The first-order valence-corrected chi connectivity index (χ1v) is 7.24. The van der Waals surface area contributed by atoms with E-state index >= 15 is 0 Å². The second kappa shape index (κ2) is 6.51. The number of carbonyl (C=O) groups is 1. The number of aromatic nitrogens is 2. The first kappa shape index (κ1) is 15.2. The smallest absolute Gasteiger partial charge is 0.292 e. The van der Waals surface area contributed by atoms with Gasteiger partial charge in [-0.2, -0.15) is 0 Å². The van der Waals surface area contributed by atoms with Gasteiger partial charge in [0.1, 0.15) is 10.8 Å². The lowest BCUT2D eigenvalue weighted by Crippen LogP contribution is -2.14. The Balaban J connectivity index is 2.28. The third kappa shape index (κ3) is 3.47. The van der Waals surface area contributed by atoms with Gasteiger partial charge in [0.05, 0.1) is 10.5 Å². The van der Waals surface area contributed by atoms with E-state index in [1.165, 1.54) is 36.2 Å². The highest BCUT2D eigenvalue weighted by molar-refractivity contribution is 7.98. The molecule has 108 valence electrons. The minimum atomic E-state index is -0.609. The maximum atomic E-state index is 12.1. The van der Waals surface area contributed by atoms with E-state index in [0.29, 0.717) is 5.16 Å². The number of nitro groups is 1. The van der Waals surface area contributed by atoms with E-state index in [0.717, 1.165) is 0 Å². The highest BCUT2D eigenvalue weighted by Gasteiger charge is 2.18. The maximum absolute atomic E-state index is 12.1. The van der Waals surface area contributed by atoms with Crippen LogP contribution in [0, 0.1) is 10.1 Å². The Morgan fingerprint density at radius 3 is 2.76 bits per heavy atom. The molecule has 2 aromatic rings. The number of para-hydroxylation sites is 2. The van der Waals surface area contributed by atoms with Crippen LogP contribution in [0.15, 0.2) is 35.6 Å². The zero-order chi connectivity index (χ0) is 15.4. The van der Waals surface area contributed by atoms with Crippen molar-refractivity contribution in [3.63, 3.8) is 0 Å². The molecule has 21 heavy (non-hydrogen) atoms. The van der Waals surface area contributed by atoms with Crippen LogP contribution in [0.25, 0.3) is 0 Å². The molecule has 0 aliphatic carbocycles. The van der Waals surface area contributed by atoms with Crippen LogP contribution in [0.5, 0.6) is 0 Å². The lowest BCUT2D eigenvalue weighted by Gasteiger charge is -2.07. The van der Waals surface area contributed by atoms with Gasteiger partial charge >= 0.3 is 0 Å². The molecule has 0 radical (unpaired) electrons. The second-order valence-electron chi connectivity index (χ2n) is 3.79. The number of amides is 1. The zero-order valence-corrected chi connectivity index (χ0v) is 12.3. The molecule has 0 atom stereocenters. The molecule has 9 heteroatoms. The van der Waals surface area contributed by atoms with Gasteiger partial charge in [0.15, 0.2) is 5.16 Å². The van der Waals surface area contributed by atoms with E-state index in [2.05, 4.69) is 15.3 Å². The zero-order valence-electron chi connectivity index (χ0n) is 10.7. The second-order valence-corrected chi connectivity index (χ2v) is 4.92. The van der Waals surface area contributed by atoms with Gasteiger partial charge in [0.2, 0.25) is 0 Å². The molecule has 0 spiro atoms. The van der Waals surface area contributed by atoms with Crippen LogP contribution < -0.4 is 5.32 Å². The number of hydrogen-bond acceptors (Lipinski definition) is 6. The molecule has 0 fully saturated rings. The SMILES string of the molecule is CSc1ncc(C(=O)Nc2ccccc2[N+](=O)[O-])c(Cl)n1. The van der Waals surface area contributed by atoms with Crippen LogP contribution in [0.2, 0.25) is 5.15 Å². The number of halogens is 1. The third-order valence-electron chi connectivity index (χ3n) is 2.50. The van der Waals surface area contributed by atoms with Gasteiger partial charge in [-0.3, -0.25) is 14.9 Å². The summed E-state index contributed by atoms with van der Waals surface area (Å²) in [6.07, 6.45) is 3.06. The molecule has 0 bridgehead atoms. The molecule has 7 nitrogen and oxygen atoms in total. The van der Waals surface area contributed by atoms with Crippen LogP contribution in [-0.2, 0) is 0 Å². The fourth-order valence-electron chi connectivity index (χ4n) is 1.52. The van der Waals surface area contributed by atoms with E-state index in [1.54, 1.807) is 12.3 Å². The van der Waals surface area contributed by atoms with E-state index in [1.807, 2.05) is 0 Å². The van der Waals surface area contributed by atoms with Gasteiger partial charge in [0.25, 0.3) is 11.6 Å². The molecule has 0 saturated heterocycles. The lowest BCUT2D eigenvalue weighted by atomic mass is 10.2. The van der Waals surface area contributed by atoms with Crippen molar-refractivity contribution in [2.75, 3.05) is 11.6 Å². The third-order valence-corrected chi connectivity index (χ3v) is 3.35. The number of rotatable bonds is 4. The average Bonchev–Trinajstić information content (AvgIpc) is 2.47. The Labute approximate surface area is 128 Å². The first-order chi connectivity index (χ1) is 10.0. The molecule has 1 aromatic heterocycles. The Hall–Kier alpha value is -2.19. The number of hydrogen-bond donors (Lipinski definition) is 1. The van der Waals surface area contributed by atoms with Crippen molar-refractivity contribution in [2.45, 2.75) is 5.16 Å². The molecule has 1 amide bonds. The summed E-state index contributed by atoms with van der Waals surface area (Å²) in [4.78, 5) is 30.3. The number of benzene rings is 1. The predicted octanol–water partition coefficient (Wildman–Crippen LogP) is 3.01. The molecule has 0 aliphatic heterocycles. The molecule has 1 aromatic carbocycles. The average molecular weight is 325 g/mol. The molecule has 0 unspecified atom stereocenters. The van der Waals surface area contributed by atoms with Crippen molar-refractivity contribution in [1.29, 1.82) is 0 Å². The molecule has 2 rings (SSSR count). The normalized spacial score (nSPS) is 10.2. The largest absolute Gasteiger partial charge is 0.316 e. The summed E-state index contributed by atoms with van der Waals surface area (Å²) in [5.41, 5.74) is -0.0752. The van der Waals surface area contributed by atoms with Gasteiger partial charge in [-0.05, 0) is 12.3 Å². The Kier molecular flexibility index (Phi) is 4.71. The quantitative estimate of drug-likeness (QED) is 0.305. The van der Waals surface area contributed by atoms with Crippen LogP contribution >= 0.6 is 23.4 Å². The van der Waals surface area contributed by atoms with E-state index in [4.69, 9.17) is 11.6 Å². The highest BCUT2D eigenvalue weighted by Crippen LogP contribution is 2.25. The summed E-state index contributed by atoms with van der Waals surface area (Å²) in [6, 6.07) is 5.82. The maximum Gasteiger partial charge on any atom is 0.292 e. The van der Waals surface area contributed by atoms with E-state index in [-0.39, 0.29) is 22.1 Å². The fraction of sp³-hybridized carbons (Fsp3) is 0.0833. The molecular weight excluding hydrogens is 316 g/mol. The van der Waals surface area contributed by atoms with Crippen LogP contribution in [-0.4, -0.2) is 27.1 Å². The summed E-state index contributed by atoms with van der Waals surface area (Å²) >= 11 is 7.20. The van der Waals surface area contributed by atoms with Crippen molar-refractivity contribution in [2.24, 2.45) is 0 Å². The molecule has 1 N–H and O–H groups in total. The van der Waals surface area contributed by atoms with Gasteiger partial charge in [-0.15, -0.1) is 0 Å². The number of nitrogens with one attached hydrogen (secondary N) is 1. The van der Waals surface area contributed by atoms with Crippen LogP contribution in [0.3, 0.4) is 0 Å². The summed E-state index contributed by atoms with van der Waals surface area (Å²) in [5.74, 6) is -0.609. The van der Waals surface area contributed by atoms with Crippen molar-refractivity contribution in [1.82, 2.24) is 9.97 Å². The fourth-order valence-corrected chi connectivity index (χ4v) is 2.13. The number of thioether (sulfide) groups is 1. The standard InChI is InChI=1S/C12H9ClN4O3S/c1-21-12-14-6-7(10(13)16-12)11(18)15-8-4-2-3-5-9(8)17(19)20/h2-6H,1H3,(H,15,18). The Bertz CT molecular complexity index is 711. The predicted molar refractivity (Wildman–Crippen MR) is 79.9 cm³/mol. The van der Waals surface area contributed by atoms with Crippen molar-refractivity contribution >= 4 is 40.6 Å². The van der Waals surface area contributed by atoms with Gasteiger partial charge in [0, 0.05) is 12.3 Å². The lowest BCUT2D eigenvalue weighted by molar-refractivity contribution is -0.383. The highest BCUT2D eigenvalue weighted by atomic mass is 35.5. The minimum absolute atomic E-state index is 0.00886. The topological polar surface area (TPSA) is 98.0 Å². The molecule has 0 aliphatic rings. The van der Waals surface area contributed by atoms with Gasteiger partial charge < -0.3 is 5.32 Å². The van der Waals surface area contributed by atoms with E-state index in [9.17, 15) is 14.9 Å². The summed E-state index contributed by atoms with van der Waals surface area (Å²) in [6.45, 7) is 0. The van der Waals surface area contributed by atoms with Crippen LogP contribution in [0.1, 0.15) is 10.4 Å². The monoisotopic (exact) mass is 324 g/mol. The summed E-state index contributed by atoms with van der Waals surface area (Å²) < 4.78 is 0. The Morgan fingerprint density at radius 1 is 1.43 bits per heavy atom. The van der Waals surface area contributed by atoms with Crippen molar-refractivity contribution in [3.8, 4) is 0 Å². The first-order valence-electron chi connectivity index (χ1n) is 5.64. The van der Waals surface area contributed by atoms with Crippen molar-refractivity contribution in [3.05, 3.63) is 51.3 Å². The van der Waals surface area contributed by atoms with Gasteiger partial charge in [-0.1, -0.05) is 35.5 Å². The number of nitrogens with zero attached hydrogens (tertiary/aromatic N) is 3. The molecule has 0 saturated carbocycles. The number of carbonyl (C=O) groups excluding carboxylic acids is 1. The molecular formula is C12H9ClN4O3S. The van der Waals surface area contributed by atoms with Gasteiger partial charge in [-0.25, -0.2) is 9.97 Å². The number of nitro benzene ring substituents is 1. The van der Waals surface area contributed by atoms with Crippen LogP contribution in [0.4, 0.5) is 11.4 Å². The summed E-state index contributed by atoms with van der Waals surface area (Å²) in [7, 11) is 0. The van der Waals surface area contributed by atoms with E-state index < -0.39 is 10.8 Å². The Morgan fingerprint density at radius 2 is 2.14 bits per heavy atom. The summed E-state index contributed by atoms with van der Waals surface area (Å²) in [5, 5.41) is 13.7.